The first kappa shape index (κ1) is 12.9. The lowest BCUT2D eigenvalue weighted by atomic mass is 10.2. The zero-order valence-corrected chi connectivity index (χ0v) is 10.8. The van der Waals surface area contributed by atoms with Crippen molar-refractivity contribution >= 4 is 5.91 Å². The summed E-state index contributed by atoms with van der Waals surface area (Å²) in [5, 5.41) is 16.4. The van der Waals surface area contributed by atoms with Gasteiger partial charge in [-0.3, -0.25) is 9.48 Å². The molecule has 0 atom stereocenters. The number of phenolic OH excluding ortho intramolecular Hbond substituents is 1. The summed E-state index contributed by atoms with van der Waals surface area (Å²) in [5.74, 6) is 0.0121. The van der Waals surface area contributed by atoms with E-state index in [1.807, 2.05) is 6.07 Å². The van der Waals surface area contributed by atoms with E-state index >= 15 is 0 Å². The highest BCUT2D eigenvalue weighted by molar-refractivity contribution is 5.94. The predicted molar refractivity (Wildman–Crippen MR) is 69.0 cm³/mol. The number of carbonyl (C=O) groups is 1. The molecular formula is C13H15N3O3. The molecule has 2 N–H and O–H groups in total. The molecule has 0 aliphatic rings. The first-order valence-electron chi connectivity index (χ1n) is 5.74. The molecule has 0 radical (unpaired) electrons. The van der Waals surface area contributed by atoms with Crippen molar-refractivity contribution in [1.29, 1.82) is 0 Å². The van der Waals surface area contributed by atoms with Crippen LogP contribution in [-0.2, 0) is 13.6 Å². The maximum absolute atomic E-state index is 11.9. The Bertz CT molecular complexity index is 593. The summed E-state index contributed by atoms with van der Waals surface area (Å²) in [5.41, 5.74) is 1.27. The van der Waals surface area contributed by atoms with Gasteiger partial charge in [-0.25, -0.2) is 0 Å². The van der Waals surface area contributed by atoms with Crippen LogP contribution < -0.4 is 10.1 Å². The van der Waals surface area contributed by atoms with E-state index in [4.69, 9.17) is 4.74 Å². The smallest absolute Gasteiger partial charge is 0.251 e. The van der Waals surface area contributed by atoms with E-state index in [9.17, 15) is 9.90 Å². The number of carbonyl (C=O) groups excluding carboxylic acids is 1. The summed E-state index contributed by atoms with van der Waals surface area (Å²) in [4.78, 5) is 11.9. The lowest BCUT2D eigenvalue weighted by Gasteiger charge is -2.07. The molecular weight excluding hydrogens is 246 g/mol. The Morgan fingerprint density at radius 1 is 1.47 bits per heavy atom. The number of aromatic hydroxyl groups is 1. The largest absolute Gasteiger partial charge is 0.504 e. The molecule has 2 rings (SSSR count). The molecule has 1 aromatic carbocycles. The molecule has 2 aromatic rings. The number of hydrogen-bond donors (Lipinski definition) is 2. The van der Waals surface area contributed by atoms with Crippen LogP contribution in [0.3, 0.4) is 0 Å². The third-order valence-electron chi connectivity index (χ3n) is 2.79. The van der Waals surface area contributed by atoms with Crippen molar-refractivity contribution in [3.63, 3.8) is 0 Å². The van der Waals surface area contributed by atoms with Crippen LogP contribution >= 0.6 is 0 Å². The fraction of sp³-hybridized carbons (Fsp3) is 0.231. The molecule has 1 heterocycles. The van der Waals surface area contributed by atoms with Gasteiger partial charge in [0.25, 0.3) is 5.91 Å². The summed E-state index contributed by atoms with van der Waals surface area (Å²) in [6.45, 7) is 0.377. The van der Waals surface area contributed by atoms with Gasteiger partial charge in [-0.05, 0) is 24.3 Å². The maximum atomic E-state index is 11.9. The molecule has 0 spiro atoms. The monoisotopic (exact) mass is 261 g/mol. The number of nitrogens with one attached hydrogen (secondary N) is 1. The molecule has 0 saturated heterocycles. The Balaban J connectivity index is 2.04. The van der Waals surface area contributed by atoms with Gasteiger partial charge in [-0.2, -0.15) is 5.10 Å². The van der Waals surface area contributed by atoms with E-state index in [0.717, 1.165) is 5.69 Å². The minimum absolute atomic E-state index is 0.0596. The lowest BCUT2D eigenvalue weighted by molar-refractivity contribution is 0.0949. The van der Waals surface area contributed by atoms with Gasteiger partial charge in [0, 0.05) is 18.8 Å². The molecule has 1 amide bonds. The van der Waals surface area contributed by atoms with Crippen LogP contribution in [0.25, 0.3) is 0 Å². The molecule has 1 aromatic heterocycles. The molecule has 0 saturated carbocycles. The molecule has 0 bridgehead atoms. The fourth-order valence-corrected chi connectivity index (χ4v) is 1.68. The zero-order valence-electron chi connectivity index (χ0n) is 10.8. The van der Waals surface area contributed by atoms with Crippen molar-refractivity contribution in [1.82, 2.24) is 15.1 Å². The van der Waals surface area contributed by atoms with Crippen LogP contribution in [0.5, 0.6) is 11.5 Å². The summed E-state index contributed by atoms with van der Waals surface area (Å²) < 4.78 is 6.61. The number of rotatable bonds is 4. The Kier molecular flexibility index (Phi) is 3.70. The third kappa shape index (κ3) is 2.85. The molecule has 6 heteroatoms. The number of hydrogen-bond acceptors (Lipinski definition) is 4. The van der Waals surface area contributed by atoms with Gasteiger partial charge < -0.3 is 15.2 Å². The highest BCUT2D eigenvalue weighted by Gasteiger charge is 2.10. The van der Waals surface area contributed by atoms with Crippen LogP contribution in [0.2, 0.25) is 0 Å². The second kappa shape index (κ2) is 5.43. The number of aryl methyl sites for hydroxylation is 1. The Morgan fingerprint density at radius 2 is 2.26 bits per heavy atom. The summed E-state index contributed by atoms with van der Waals surface area (Å²) >= 11 is 0. The first-order chi connectivity index (χ1) is 9.11. The number of ether oxygens (including phenoxy) is 1. The second-order valence-corrected chi connectivity index (χ2v) is 4.02. The number of benzene rings is 1. The fourth-order valence-electron chi connectivity index (χ4n) is 1.68. The van der Waals surface area contributed by atoms with E-state index < -0.39 is 0 Å². The molecule has 0 fully saturated rings. The van der Waals surface area contributed by atoms with Crippen LogP contribution in [0, 0.1) is 0 Å². The highest BCUT2D eigenvalue weighted by atomic mass is 16.5. The van der Waals surface area contributed by atoms with Gasteiger partial charge >= 0.3 is 0 Å². The van der Waals surface area contributed by atoms with Crippen LogP contribution in [0.4, 0.5) is 0 Å². The quantitative estimate of drug-likeness (QED) is 0.863. The summed E-state index contributed by atoms with van der Waals surface area (Å²) in [6, 6.07) is 6.34. The van der Waals surface area contributed by atoms with Crippen LogP contribution in [0.1, 0.15) is 16.1 Å². The Hall–Kier alpha value is -2.50. The van der Waals surface area contributed by atoms with E-state index in [-0.39, 0.29) is 11.7 Å². The van der Waals surface area contributed by atoms with Crippen molar-refractivity contribution < 1.29 is 14.6 Å². The molecule has 0 unspecified atom stereocenters. The minimum Gasteiger partial charge on any atom is -0.504 e. The van der Waals surface area contributed by atoms with Crippen molar-refractivity contribution in [3.8, 4) is 11.5 Å². The Morgan fingerprint density at radius 3 is 2.84 bits per heavy atom. The molecule has 0 aliphatic carbocycles. The predicted octanol–water partition coefficient (Wildman–Crippen LogP) is 1.06. The molecule has 6 nitrogen and oxygen atoms in total. The molecule has 0 aliphatic heterocycles. The lowest BCUT2D eigenvalue weighted by Crippen LogP contribution is -2.24. The van der Waals surface area contributed by atoms with E-state index in [1.165, 1.54) is 13.2 Å². The average Bonchev–Trinajstić information content (AvgIpc) is 2.81. The van der Waals surface area contributed by atoms with Crippen molar-refractivity contribution in [3.05, 3.63) is 41.7 Å². The number of aromatic nitrogens is 2. The van der Waals surface area contributed by atoms with E-state index in [1.54, 1.807) is 30.1 Å². The third-order valence-corrected chi connectivity index (χ3v) is 2.79. The normalized spacial score (nSPS) is 10.2. The van der Waals surface area contributed by atoms with Gasteiger partial charge in [0.1, 0.15) is 0 Å². The summed E-state index contributed by atoms with van der Waals surface area (Å²) in [6.07, 6.45) is 1.67. The number of phenols is 1. The topological polar surface area (TPSA) is 76.4 Å². The van der Waals surface area contributed by atoms with Crippen molar-refractivity contribution in [2.24, 2.45) is 7.05 Å². The van der Waals surface area contributed by atoms with Gasteiger partial charge in [-0.15, -0.1) is 0 Å². The highest BCUT2D eigenvalue weighted by Crippen LogP contribution is 2.26. The number of nitrogens with zero attached hydrogens (tertiary/aromatic N) is 2. The Labute approximate surface area is 110 Å². The van der Waals surface area contributed by atoms with Gasteiger partial charge in [-0.1, -0.05) is 0 Å². The van der Waals surface area contributed by atoms with Crippen molar-refractivity contribution in [2.75, 3.05) is 7.11 Å². The second-order valence-electron chi connectivity index (χ2n) is 4.02. The van der Waals surface area contributed by atoms with Gasteiger partial charge in [0.15, 0.2) is 11.5 Å². The maximum Gasteiger partial charge on any atom is 0.251 e. The average molecular weight is 261 g/mol. The van der Waals surface area contributed by atoms with E-state index in [2.05, 4.69) is 10.4 Å². The van der Waals surface area contributed by atoms with Crippen molar-refractivity contribution in [2.45, 2.75) is 6.54 Å². The van der Waals surface area contributed by atoms with Crippen LogP contribution in [-0.4, -0.2) is 27.9 Å². The minimum atomic E-state index is -0.265. The standard InChI is InChI=1S/C13H15N3O3/c1-16-10(5-6-15-16)8-14-13(18)9-3-4-12(19-2)11(17)7-9/h3-7,17H,8H2,1-2H3,(H,14,18). The SMILES string of the molecule is COc1ccc(C(=O)NCc2ccnn2C)cc1O. The summed E-state index contributed by atoms with van der Waals surface area (Å²) in [7, 11) is 3.26. The van der Waals surface area contributed by atoms with Crippen LogP contribution in [0.15, 0.2) is 30.5 Å². The van der Waals surface area contributed by atoms with Gasteiger partial charge in [0.2, 0.25) is 0 Å². The number of methoxy groups -OCH3 is 1. The molecule has 100 valence electrons. The first-order valence-corrected chi connectivity index (χ1v) is 5.74. The zero-order chi connectivity index (χ0) is 13.8. The van der Waals surface area contributed by atoms with Gasteiger partial charge in [0.05, 0.1) is 19.3 Å². The molecule has 19 heavy (non-hydrogen) atoms. The number of amides is 1. The van der Waals surface area contributed by atoms with E-state index in [0.29, 0.717) is 17.9 Å².